The van der Waals surface area contributed by atoms with E-state index in [1.54, 1.807) is 12.4 Å². The minimum absolute atomic E-state index is 0.361. The average Bonchev–Trinajstić information content (AvgIpc) is 3.28. The van der Waals surface area contributed by atoms with Gasteiger partial charge in [-0.25, -0.2) is 5.43 Å². The second kappa shape index (κ2) is 12.8. The van der Waals surface area contributed by atoms with Crippen LogP contribution in [-0.4, -0.2) is 53.7 Å². The van der Waals surface area contributed by atoms with Crippen LogP contribution in [0.2, 0.25) is 0 Å². The first kappa shape index (κ1) is 24.6. The van der Waals surface area contributed by atoms with Gasteiger partial charge in [0.1, 0.15) is 6.33 Å². The molecule has 0 amide bonds. The van der Waals surface area contributed by atoms with Gasteiger partial charge in [-0.15, -0.1) is 10.2 Å². The number of ether oxygens (including phenoxy) is 4. The van der Waals surface area contributed by atoms with Gasteiger partial charge in [-0.2, -0.15) is 14.9 Å². The van der Waals surface area contributed by atoms with E-state index in [9.17, 15) is 0 Å². The van der Waals surface area contributed by atoms with E-state index in [0.717, 1.165) is 11.1 Å². The number of aromatic nitrogens is 3. The zero-order valence-electron chi connectivity index (χ0n) is 19.9. The number of hydrazone groups is 1. The number of nitrogens with zero attached hydrogens (tertiary/aromatic N) is 5. The first-order chi connectivity index (χ1) is 16.7. The molecule has 0 saturated carbocycles. The Morgan fingerprint density at radius 2 is 1.29 bits per heavy atom. The Kier molecular flexibility index (Phi) is 9.27. The van der Waals surface area contributed by atoms with E-state index in [1.165, 1.54) is 11.0 Å². The molecule has 34 heavy (non-hydrogen) atoms. The van der Waals surface area contributed by atoms with Gasteiger partial charge in [0, 0.05) is 0 Å². The Balaban J connectivity index is 1.69. The summed E-state index contributed by atoms with van der Waals surface area (Å²) in [4.78, 5) is 0. The van der Waals surface area contributed by atoms with Crippen molar-refractivity contribution in [1.82, 2.24) is 14.9 Å². The molecule has 10 nitrogen and oxygen atoms in total. The second-order valence-electron chi connectivity index (χ2n) is 6.76. The fraction of sp³-hybridized carbons (Fsp3) is 0.333. The van der Waals surface area contributed by atoms with Crippen molar-refractivity contribution in [1.29, 1.82) is 0 Å². The highest BCUT2D eigenvalue weighted by molar-refractivity contribution is 5.82. The van der Waals surface area contributed by atoms with Crippen LogP contribution in [0.15, 0.2) is 52.9 Å². The Bertz CT molecular complexity index is 1110. The summed E-state index contributed by atoms with van der Waals surface area (Å²) in [6.07, 6.45) is 4.82. The third-order valence-electron chi connectivity index (χ3n) is 4.37. The summed E-state index contributed by atoms with van der Waals surface area (Å²) in [6.45, 7) is 9.93. The van der Waals surface area contributed by atoms with Crippen LogP contribution in [0.5, 0.6) is 23.0 Å². The van der Waals surface area contributed by atoms with Crippen molar-refractivity contribution in [2.45, 2.75) is 27.7 Å². The maximum Gasteiger partial charge on any atom is 0.265 e. The molecule has 0 spiro atoms. The molecule has 0 aliphatic carbocycles. The molecule has 0 atom stereocenters. The van der Waals surface area contributed by atoms with E-state index < -0.39 is 0 Å². The average molecular weight is 467 g/mol. The molecule has 0 aliphatic rings. The Morgan fingerprint density at radius 1 is 0.765 bits per heavy atom. The van der Waals surface area contributed by atoms with Crippen molar-refractivity contribution in [3.05, 3.63) is 53.9 Å². The fourth-order valence-electron chi connectivity index (χ4n) is 2.98. The minimum atomic E-state index is 0.361. The molecule has 180 valence electrons. The molecule has 0 fully saturated rings. The number of hydrogen-bond acceptors (Lipinski definition) is 9. The molecule has 0 aliphatic heterocycles. The van der Waals surface area contributed by atoms with Crippen LogP contribution in [0.1, 0.15) is 38.8 Å². The largest absolute Gasteiger partial charge is 0.490 e. The zero-order valence-corrected chi connectivity index (χ0v) is 19.9. The topological polar surface area (TPSA) is 104 Å². The van der Waals surface area contributed by atoms with Gasteiger partial charge in [0.2, 0.25) is 0 Å². The molecule has 0 radical (unpaired) electrons. The summed E-state index contributed by atoms with van der Waals surface area (Å²) in [5.74, 6) is 3.10. The van der Waals surface area contributed by atoms with Crippen LogP contribution in [0.4, 0.5) is 5.95 Å². The second-order valence-corrected chi connectivity index (χ2v) is 6.76. The van der Waals surface area contributed by atoms with Gasteiger partial charge in [0.25, 0.3) is 5.95 Å². The normalized spacial score (nSPS) is 11.2. The lowest BCUT2D eigenvalue weighted by molar-refractivity contribution is 0.288. The molecular formula is C24H30N6O4. The lowest BCUT2D eigenvalue weighted by atomic mass is 10.2. The molecule has 0 unspecified atom stereocenters. The lowest BCUT2D eigenvalue weighted by Crippen LogP contribution is -2.01. The highest BCUT2D eigenvalue weighted by atomic mass is 16.5. The SMILES string of the molecule is CCOc1ccc(/C=N\Nc2nncn2/N=C/c2ccc(OCC)c(OCC)c2)cc1OCC. The third kappa shape index (κ3) is 6.71. The quantitative estimate of drug-likeness (QED) is 0.297. The van der Waals surface area contributed by atoms with Crippen molar-refractivity contribution < 1.29 is 18.9 Å². The maximum absolute atomic E-state index is 5.66. The molecule has 1 aromatic heterocycles. The van der Waals surface area contributed by atoms with E-state index >= 15 is 0 Å². The fourth-order valence-corrected chi connectivity index (χ4v) is 2.98. The van der Waals surface area contributed by atoms with Crippen molar-refractivity contribution in [3.8, 4) is 23.0 Å². The van der Waals surface area contributed by atoms with E-state index in [4.69, 9.17) is 18.9 Å². The highest BCUT2D eigenvalue weighted by Gasteiger charge is 2.07. The third-order valence-corrected chi connectivity index (χ3v) is 4.37. The zero-order chi connectivity index (χ0) is 24.2. The van der Waals surface area contributed by atoms with Crippen LogP contribution < -0.4 is 24.4 Å². The number of rotatable bonds is 13. The molecular weight excluding hydrogens is 436 g/mol. The van der Waals surface area contributed by atoms with Crippen LogP contribution in [0.25, 0.3) is 0 Å². The van der Waals surface area contributed by atoms with Gasteiger partial charge >= 0.3 is 0 Å². The van der Waals surface area contributed by atoms with Crippen molar-refractivity contribution >= 4 is 18.4 Å². The highest BCUT2D eigenvalue weighted by Crippen LogP contribution is 2.29. The molecule has 3 rings (SSSR count). The summed E-state index contributed by atoms with van der Waals surface area (Å²) in [6, 6.07) is 11.2. The van der Waals surface area contributed by atoms with Crippen molar-refractivity contribution in [3.63, 3.8) is 0 Å². The Labute approximate surface area is 199 Å². The van der Waals surface area contributed by atoms with E-state index in [0.29, 0.717) is 55.4 Å². The molecule has 10 heteroatoms. The van der Waals surface area contributed by atoms with Gasteiger partial charge < -0.3 is 18.9 Å². The molecule has 1 heterocycles. The Hall–Kier alpha value is -4.08. The molecule has 1 N–H and O–H groups in total. The van der Waals surface area contributed by atoms with E-state index in [-0.39, 0.29) is 0 Å². The molecule has 2 aromatic carbocycles. The summed E-state index contributed by atoms with van der Waals surface area (Å²) in [5, 5.41) is 16.6. The number of benzene rings is 2. The maximum atomic E-state index is 5.66. The van der Waals surface area contributed by atoms with Gasteiger partial charge in [-0.1, -0.05) is 0 Å². The number of anilines is 1. The molecule has 0 bridgehead atoms. The minimum Gasteiger partial charge on any atom is -0.490 e. The summed E-state index contributed by atoms with van der Waals surface area (Å²) < 4.78 is 24.0. The smallest absolute Gasteiger partial charge is 0.265 e. The molecule has 3 aromatic rings. The summed E-state index contributed by atoms with van der Waals surface area (Å²) in [5.41, 5.74) is 4.54. The summed E-state index contributed by atoms with van der Waals surface area (Å²) >= 11 is 0. The monoisotopic (exact) mass is 466 g/mol. The van der Waals surface area contributed by atoms with Crippen molar-refractivity contribution in [2.75, 3.05) is 31.9 Å². The van der Waals surface area contributed by atoms with Crippen LogP contribution in [-0.2, 0) is 0 Å². The predicted octanol–water partition coefficient (Wildman–Crippen LogP) is 4.20. The van der Waals surface area contributed by atoms with Gasteiger partial charge in [0.05, 0.1) is 38.9 Å². The van der Waals surface area contributed by atoms with Gasteiger partial charge in [0.15, 0.2) is 23.0 Å². The number of nitrogens with one attached hydrogen (secondary N) is 1. The van der Waals surface area contributed by atoms with Crippen LogP contribution in [0.3, 0.4) is 0 Å². The number of hydrogen-bond donors (Lipinski definition) is 1. The predicted molar refractivity (Wildman–Crippen MR) is 132 cm³/mol. The van der Waals surface area contributed by atoms with E-state index in [1.807, 2.05) is 64.1 Å². The molecule has 0 saturated heterocycles. The van der Waals surface area contributed by atoms with Gasteiger partial charge in [-0.3, -0.25) is 0 Å². The van der Waals surface area contributed by atoms with Crippen molar-refractivity contribution in [2.24, 2.45) is 10.2 Å². The van der Waals surface area contributed by atoms with Crippen LogP contribution >= 0.6 is 0 Å². The first-order valence-corrected chi connectivity index (χ1v) is 11.2. The Morgan fingerprint density at radius 3 is 1.85 bits per heavy atom. The van der Waals surface area contributed by atoms with Crippen LogP contribution in [0, 0.1) is 0 Å². The standard InChI is InChI=1S/C24H30N6O4/c1-5-31-20-11-9-18(13-22(20)33-7-3)15-25-28-24-29-26-17-30(24)27-16-19-10-12-21(32-6-2)23(14-19)34-8-4/h9-17H,5-8H2,1-4H3,(H,28,29)/b25-15-,27-16+. The summed E-state index contributed by atoms with van der Waals surface area (Å²) in [7, 11) is 0. The van der Waals surface area contributed by atoms with E-state index in [2.05, 4.69) is 25.8 Å². The van der Waals surface area contributed by atoms with Gasteiger partial charge in [-0.05, 0) is 75.2 Å². The first-order valence-electron chi connectivity index (χ1n) is 11.2. The lowest BCUT2D eigenvalue weighted by Gasteiger charge is -2.11.